The SMILES string of the molecule is CN(CC1=CC=CCC1)C(=O)C1=CSC(CCN(Cc2nc3ccccc3[nH]2)C(=O)OC(C)(C)C)N1. The number of nitrogens with one attached hydrogen (secondary N) is 2. The first kappa shape index (κ1) is 25.9. The number of fused-ring (bicyclic) bond motifs is 1. The van der Waals surface area contributed by atoms with Gasteiger partial charge in [0.05, 0.1) is 23.0 Å². The number of thioether (sulfide) groups is 1. The second kappa shape index (κ2) is 11.2. The van der Waals surface area contributed by atoms with Gasteiger partial charge in [0.2, 0.25) is 0 Å². The van der Waals surface area contributed by atoms with Crippen LogP contribution < -0.4 is 5.32 Å². The number of hydrogen-bond acceptors (Lipinski definition) is 6. The molecule has 1 unspecified atom stereocenters. The maximum absolute atomic E-state index is 13.0. The third-order valence-electron chi connectivity index (χ3n) is 5.88. The van der Waals surface area contributed by atoms with Crippen LogP contribution in [-0.2, 0) is 16.1 Å². The Labute approximate surface area is 216 Å². The lowest BCUT2D eigenvalue weighted by Gasteiger charge is -2.28. The largest absolute Gasteiger partial charge is 0.444 e. The van der Waals surface area contributed by atoms with Gasteiger partial charge in [-0.3, -0.25) is 4.79 Å². The summed E-state index contributed by atoms with van der Waals surface area (Å²) in [6.45, 7) is 6.97. The summed E-state index contributed by atoms with van der Waals surface area (Å²) >= 11 is 1.57. The highest BCUT2D eigenvalue weighted by Gasteiger charge is 2.27. The Morgan fingerprint density at radius 2 is 2.03 bits per heavy atom. The summed E-state index contributed by atoms with van der Waals surface area (Å²) in [7, 11) is 1.83. The molecule has 8 nitrogen and oxygen atoms in total. The lowest BCUT2D eigenvalue weighted by atomic mass is 10.0. The maximum Gasteiger partial charge on any atom is 0.410 e. The predicted octanol–water partition coefficient (Wildman–Crippen LogP) is 4.93. The summed E-state index contributed by atoms with van der Waals surface area (Å²) in [6, 6.07) is 7.79. The Bertz CT molecular complexity index is 1160. The van der Waals surface area contributed by atoms with Gasteiger partial charge in [-0.25, -0.2) is 9.78 Å². The smallest absolute Gasteiger partial charge is 0.410 e. The molecule has 2 amide bonds. The van der Waals surface area contributed by atoms with E-state index in [9.17, 15) is 9.59 Å². The molecule has 1 aromatic carbocycles. The molecule has 2 aliphatic rings. The molecule has 4 rings (SSSR count). The van der Waals surface area contributed by atoms with Gasteiger partial charge in [0.15, 0.2) is 0 Å². The molecular formula is C27H35N5O3S. The highest BCUT2D eigenvalue weighted by atomic mass is 32.2. The van der Waals surface area contributed by atoms with Crippen LogP contribution in [0.5, 0.6) is 0 Å². The normalized spacial score (nSPS) is 17.4. The minimum atomic E-state index is -0.598. The third kappa shape index (κ3) is 6.94. The zero-order valence-corrected chi connectivity index (χ0v) is 22.2. The van der Waals surface area contributed by atoms with E-state index >= 15 is 0 Å². The molecule has 1 aliphatic heterocycles. The van der Waals surface area contributed by atoms with Gasteiger partial charge >= 0.3 is 6.09 Å². The van der Waals surface area contributed by atoms with Crippen LogP contribution in [0.3, 0.4) is 0 Å². The second-order valence-electron chi connectivity index (χ2n) is 10.1. The van der Waals surface area contributed by atoms with Crippen LogP contribution in [0.1, 0.15) is 45.9 Å². The van der Waals surface area contributed by atoms with E-state index in [0.717, 1.165) is 23.9 Å². The number of H-pyrrole nitrogens is 1. The van der Waals surface area contributed by atoms with Crippen LogP contribution in [0, 0.1) is 0 Å². The number of rotatable bonds is 8. The zero-order valence-electron chi connectivity index (χ0n) is 21.4. The number of amides is 2. The number of nitrogens with zero attached hydrogens (tertiary/aromatic N) is 3. The van der Waals surface area contributed by atoms with E-state index < -0.39 is 5.60 Å². The van der Waals surface area contributed by atoms with Crippen molar-refractivity contribution >= 4 is 34.8 Å². The fourth-order valence-corrected chi connectivity index (χ4v) is 5.01. The van der Waals surface area contributed by atoms with Crippen molar-refractivity contribution in [1.82, 2.24) is 25.1 Å². The summed E-state index contributed by atoms with van der Waals surface area (Å²) in [5.41, 5.74) is 3.05. The maximum atomic E-state index is 13.0. The highest BCUT2D eigenvalue weighted by Crippen LogP contribution is 2.26. The van der Waals surface area contributed by atoms with Crippen molar-refractivity contribution < 1.29 is 14.3 Å². The highest BCUT2D eigenvalue weighted by molar-refractivity contribution is 8.03. The van der Waals surface area contributed by atoms with Crippen molar-refractivity contribution in [3.05, 3.63) is 65.0 Å². The lowest BCUT2D eigenvalue weighted by Crippen LogP contribution is -2.40. The Balaban J connectivity index is 1.34. The molecule has 0 radical (unpaired) electrons. The number of imidazole rings is 1. The minimum absolute atomic E-state index is 0.00482. The Hall–Kier alpha value is -3.20. The summed E-state index contributed by atoms with van der Waals surface area (Å²) in [6.07, 6.45) is 8.56. The molecule has 9 heteroatoms. The number of allylic oxidation sites excluding steroid dienone is 3. The summed E-state index contributed by atoms with van der Waals surface area (Å²) in [5, 5.41) is 5.21. The first-order valence-electron chi connectivity index (χ1n) is 12.3. The third-order valence-corrected chi connectivity index (χ3v) is 6.93. The summed E-state index contributed by atoms with van der Waals surface area (Å²) < 4.78 is 5.66. The molecule has 2 N–H and O–H groups in total. The molecule has 36 heavy (non-hydrogen) atoms. The average molecular weight is 510 g/mol. The van der Waals surface area contributed by atoms with Gasteiger partial charge in [-0.15, -0.1) is 11.8 Å². The number of hydrogen-bond donors (Lipinski definition) is 2. The van der Waals surface area contributed by atoms with Crippen LogP contribution >= 0.6 is 11.8 Å². The number of carbonyl (C=O) groups excluding carboxylic acids is 2. The van der Waals surface area contributed by atoms with Crippen LogP contribution in [0.2, 0.25) is 0 Å². The predicted molar refractivity (Wildman–Crippen MR) is 144 cm³/mol. The van der Waals surface area contributed by atoms with Gasteiger partial charge in [0.25, 0.3) is 5.91 Å². The lowest BCUT2D eigenvalue weighted by molar-refractivity contribution is -0.125. The number of para-hydroxylation sites is 2. The van der Waals surface area contributed by atoms with Gasteiger partial charge in [0, 0.05) is 25.5 Å². The van der Waals surface area contributed by atoms with Gasteiger partial charge in [-0.05, 0) is 52.2 Å². The molecule has 2 heterocycles. The van der Waals surface area contributed by atoms with E-state index in [0.29, 0.717) is 37.6 Å². The van der Waals surface area contributed by atoms with Crippen molar-refractivity contribution in [3.8, 4) is 0 Å². The first-order valence-corrected chi connectivity index (χ1v) is 13.3. The minimum Gasteiger partial charge on any atom is -0.444 e. The van der Waals surface area contributed by atoms with E-state index in [1.807, 2.05) is 57.5 Å². The van der Waals surface area contributed by atoms with Crippen molar-refractivity contribution in [2.24, 2.45) is 0 Å². The van der Waals surface area contributed by atoms with Gasteiger partial charge in [-0.2, -0.15) is 0 Å². The van der Waals surface area contributed by atoms with E-state index in [1.54, 1.807) is 21.6 Å². The Kier molecular flexibility index (Phi) is 8.08. The fraction of sp³-hybridized carbons (Fsp3) is 0.444. The molecule has 0 saturated carbocycles. The van der Waals surface area contributed by atoms with Crippen molar-refractivity contribution in [1.29, 1.82) is 0 Å². The number of carbonyl (C=O) groups is 2. The van der Waals surface area contributed by atoms with Gasteiger partial charge < -0.3 is 24.8 Å². The van der Waals surface area contributed by atoms with Crippen LogP contribution in [0.15, 0.2) is 59.2 Å². The molecule has 192 valence electrons. The van der Waals surface area contributed by atoms with Crippen molar-refractivity contribution in [2.45, 2.75) is 57.6 Å². The van der Waals surface area contributed by atoms with Crippen molar-refractivity contribution in [3.63, 3.8) is 0 Å². The number of aromatic amines is 1. The first-order chi connectivity index (χ1) is 17.2. The molecule has 1 aliphatic carbocycles. The number of ether oxygens (including phenoxy) is 1. The molecule has 0 fully saturated rings. The van der Waals surface area contributed by atoms with E-state index in [2.05, 4.69) is 33.5 Å². The molecule has 0 saturated heterocycles. The number of benzene rings is 1. The average Bonchev–Trinajstić information content (AvgIpc) is 3.47. The second-order valence-corrected chi connectivity index (χ2v) is 11.2. The molecule has 0 bridgehead atoms. The molecular weight excluding hydrogens is 474 g/mol. The summed E-state index contributed by atoms with van der Waals surface area (Å²) in [5.74, 6) is 0.684. The number of likely N-dealkylation sites (N-methyl/N-ethyl adjacent to an activating group) is 1. The van der Waals surface area contributed by atoms with E-state index in [1.165, 1.54) is 5.57 Å². The standard InChI is InChI=1S/C27H35N5O3S/c1-27(2,3)35-26(34)32(17-23-28-20-12-8-9-13-21(20)29-23)15-14-24-30-22(18-36-24)25(33)31(4)16-19-10-6-5-7-11-19/h5-6,8-10,12-13,18,24,30H,7,11,14-17H2,1-4H3,(H,28,29). The van der Waals surface area contributed by atoms with Gasteiger partial charge in [0.1, 0.15) is 17.1 Å². The Morgan fingerprint density at radius 1 is 1.22 bits per heavy atom. The van der Waals surface area contributed by atoms with Gasteiger partial charge in [-0.1, -0.05) is 35.9 Å². The van der Waals surface area contributed by atoms with E-state index in [4.69, 9.17) is 4.74 Å². The molecule has 1 aromatic heterocycles. The monoisotopic (exact) mass is 509 g/mol. The van der Waals surface area contributed by atoms with Crippen LogP contribution in [0.4, 0.5) is 4.79 Å². The molecule has 2 aromatic rings. The molecule has 0 spiro atoms. The fourth-order valence-electron chi connectivity index (χ4n) is 4.11. The Morgan fingerprint density at radius 3 is 2.75 bits per heavy atom. The zero-order chi connectivity index (χ0) is 25.7. The van der Waals surface area contributed by atoms with Crippen LogP contribution in [-0.4, -0.2) is 62.9 Å². The van der Waals surface area contributed by atoms with Crippen LogP contribution in [0.25, 0.3) is 11.0 Å². The molecule has 1 atom stereocenters. The topological polar surface area (TPSA) is 90.6 Å². The number of aromatic nitrogens is 2. The van der Waals surface area contributed by atoms with E-state index in [-0.39, 0.29) is 17.4 Å². The quantitative estimate of drug-likeness (QED) is 0.525. The summed E-state index contributed by atoms with van der Waals surface area (Å²) in [4.78, 5) is 37.2. The van der Waals surface area contributed by atoms with Crippen molar-refractivity contribution in [2.75, 3.05) is 20.1 Å².